The summed E-state index contributed by atoms with van der Waals surface area (Å²) >= 11 is 1.36. The van der Waals surface area contributed by atoms with Gasteiger partial charge in [0.2, 0.25) is 0 Å². The Balaban J connectivity index is 0.000000929. The van der Waals surface area contributed by atoms with Gasteiger partial charge in [0, 0.05) is 16.1 Å². The summed E-state index contributed by atoms with van der Waals surface area (Å²) in [7, 11) is -2.17. The molecule has 0 aliphatic rings. The van der Waals surface area contributed by atoms with Gasteiger partial charge in [-0.1, -0.05) is 165 Å². The first-order valence-electron chi connectivity index (χ1n) is 18.1. The van der Waals surface area contributed by atoms with Crippen LogP contribution in [0.5, 0.6) is 0 Å². The average Bonchev–Trinajstić information content (AvgIpc) is 3.62. The molecule has 6 aromatic carbocycles. The molecule has 0 unspecified atom stereocenters. The molecule has 0 aliphatic carbocycles. The van der Waals surface area contributed by atoms with E-state index in [0.717, 1.165) is 0 Å². The first-order chi connectivity index (χ1) is 23.3. The van der Waals surface area contributed by atoms with Crippen LogP contribution < -0.4 is 0 Å². The van der Waals surface area contributed by atoms with Crippen LogP contribution in [-0.4, -0.2) is 23.0 Å². The number of rotatable bonds is 6. The SMILES string of the molecule is CC(C)(C)c1ccc(-c2cccc3[cH-]c(C[Si](C)(C)C)cc23)cc1.CC(C)(C)c1ccc(-c2cccc3[cH-]c(C[Si](C)(C)C)cc23)cc1.Cl.Cl.[CH3-].[CH3-].[Si]=[Zr]. The Morgan fingerprint density at radius 2 is 0.796 bits per heavy atom. The number of hydrogen-bond acceptors (Lipinski definition) is 0. The van der Waals surface area contributed by atoms with E-state index in [-0.39, 0.29) is 50.5 Å². The Morgan fingerprint density at radius 1 is 0.500 bits per heavy atom. The van der Waals surface area contributed by atoms with E-state index in [9.17, 15) is 0 Å². The summed E-state index contributed by atoms with van der Waals surface area (Å²) in [6.45, 7) is 31.3. The topological polar surface area (TPSA) is 0 Å². The molecule has 0 nitrogen and oxygen atoms in total. The minimum atomic E-state index is -1.09. The fraction of sp³-hybridized carbons (Fsp3) is 0.333. The van der Waals surface area contributed by atoms with Crippen LogP contribution in [0.2, 0.25) is 39.3 Å². The fourth-order valence-electron chi connectivity index (χ4n) is 6.83. The van der Waals surface area contributed by atoms with Crippen molar-refractivity contribution >= 4 is 69.4 Å². The van der Waals surface area contributed by atoms with Crippen molar-refractivity contribution in [3.05, 3.63) is 146 Å². The van der Waals surface area contributed by atoms with Gasteiger partial charge >= 0.3 is 30.2 Å². The molecular weight excluding hydrogens is 823 g/mol. The van der Waals surface area contributed by atoms with E-state index in [4.69, 9.17) is 0 Å². The van der Waals surface area contributed by atoms with Crippen molar-refractivity contribution in [3.63, 3.8) is 0 Å². The molecule has 6 rings (SSSR count). The molecule has 0 bridgehead atoms. The van der Waals surface area contributed by atoms with Crippen LogP contribution in [0.25, 0.3) is 43.8 Å². The molecule has 0 aromatic heterocycles. The molecule has 0 atom stereocenters. The van der Waals surface area contributed by atoms with Crippen LogP contribution in [0, 0.1) is 14.9 Å². The van der Waals surface area contributed by atoms with E-state index in [0.29, 0.717) is 0 Å². The summed E-state index contributed by atoms with van der Waals surface area (Å²) in [5.41, 5.74) is 11.5. The molecule has 0 saturated carbocycles. The first-order valence-corrected chi connectivity index (χ1v) is 29.7. The van der Waals surface area contributed by atoms with Crippen molar-refractivity contribution in [2.45, 2.75) is 104 Å². The fourth-order valence-corrected chi connectivity index (χ4v) is 9.68. The number of fused-ring (bicyclic) bond motifs is 2. The predicted octanol–water partition coefficient (Wildman–Crippen LogP) is 15.2. The van der Waals surface area contributed by atoms with Crippen LogP contribution in [0.4, 0.5) is 0 Å². The van der Waals surface area contributed by atoms with Crippen molar-refractivity contribution in [1.82, 2.24) is 0 Å². The Morgan fingerprint density at radius 3 is 1.06 bits per heavy atom. The molecule has 6 aromatic rings. The van der Waals surface area contributed by atoms with Crippen LogP contribution in [0.3, 0.4) is 0 Å². The minimum absolute atomic E-state index is 0. The van der Waals surface area contributed by atoms with Gasteiger partial charge in [0.1, 0.15) is 0 Å². The van der Waals surface area contributed by atoms with Crippen LogP contribution >= 0.6 is 24.8 Å². The first kappa shape index (κ1) is 52.2. The zero-order valence-electron chi connectivity index (χ0n) is 35.6. The second-order valence-electron chi connectivity index (χ2n) is 18.5. The monoisotopic (exact) mass is 886 g/mol. The molecule has 0 fully saturated rings. The molecular formula is C48H66Cl2Si3Zr-4. The predicted molar refractivity (Wildman–Crippen MR) is 255 cm³/mol. The van der Waals surface area contributed by atoms with Crippen molar-refractivity contribution in [2.75, 3.05) is 0 Å². The van der Waals surface area contributed by atoms with E-state index in [2.05, 4.69) is 197 Å². The van der Waals surface area contributed by atoms with Crippen molar-refractivity contribution in [2.24, 2.45) is 0 Å². The van der Waals surface area contributed by atoms with Gasteiger partial charge in [0.15, 0.2) is 0 Å². The molecule has 0 aliphatic heterocycles. The Kier molecular flexibility index (Phi) is 20.4. The number of benzene rings is 4. The summed E-state index contributed by atoms with van der Waals surface area (Å²) in [5, 5.41) is 5.55. The van der Waals surface area contributed by atoms with Crippen molar-refractivity contribution in [3.8, 4) is 22.3 Å². The summed E-state index contributed by atoms with van der Waals surface area (Å²) in [6, 6.07) is 43.7. The van der Waals surface area contributed by atoms with E-state index in [1.165, 1.54) is 101 Å². The Bertz CT molecular complexity index is 1860. The van der Waals surface area contributed by atoms with Crippen molar-refractivity contribution < 1.29 is 23.3 Å². The molecule has 2 radical (unpaired) electrons. The van der Waals surface area contributed by atoms with Crippen LogP contribution in [0.1, 0.15) is 63.8 Å². The molecule has 6 heteroatoms. The van der Waals surface area contributed by atoms with Crippen LogP contribution in [0.15, 0.2) is 109 Å². The van der Waals surface area contributed by atoms with Gasteiger partial charge in [-0.25, -0.2) is 0 Å². The van der Waals surface area contributed by atoms with Gasteiger partial charge in [-0.05, 0) is 33.1 Å². The molecule has 0 heterocycles. The second kappa shape index (κ2) is 21.1. The zero-order valence-corrected chi connectivity index (χ0v) is 42.7. The standard InChI is InChI=1S/2C23H29Si.2CH3.2ClH.Si.Zr/c2*1-23(2,3)20-12-10-18(11-13-20)21-9-7-8-19-14-17(15-22(19)21)16-24(4,5)6;;;;;;/h2*7-15H,16H2,1-6H3;2*1H3;2*1H;;/q4*-1;;;;. The molecule has 0 spiro atoms. The average molecular weight is 889 g/mol. The Labute approximate surface area is 362 Å². The van der Waals surface area contributed by atoms with Gasteiger partial charge < -0.3 is 14.9 Å². The van der Waals surface area contributed by atoms with Gasteiger partial charge in [-0.2, -0.15) is 12.1 Å². The van der Waals surface area contributed by atoms with E-state index < -0.39 is 16.1 Å². The number of hydrogen-bond donors (Lipinski definition) is 0. The molecule has 0 amide bonds. The third-order valence-corrected chi connectivity index (χ3v) is 12.2. The quantitative estimate of drug-likeness (QED) is 0.115. The molecule has 292 valence electrons. The van der Waals surface area contributed by atoms with E-state index >= 15 is 0 Å². The van der Waals surface area contributed by atoms with Gasteiger partial charge in [0.05, 0.1) is 0 Å². The molecule has 0 N–H and O–H groups in total. The van der Waals surface area contributed by atoms with E-state index in [1.54, 1.807) is 0 Å². The zero-order chi connectivity index (χ0) is 37.1. The normalized spacial score (nSPS) is 11.4. The van der Waals surface area contributed by atoms with E-state index in [1.807, 2.05) is 0 Å². The Hall–Kier alpha value is -1.79. The molecule has 54 heavy (non-hydrogen) atoms. The summed E-state index contributed by atoms with van der Waals surface area (Å²) in [4.78, 5) is 0. The van der Waals surface area contributed by atoms with Gasteiger partial charge in [0.25, 0.3) is 0 Å². The summed E-state index contributed by atoms with van der Waals surface area (Å²) in [6.07, 6.45) is 0. The third-order valence-electron chi connectivity index (χ3n) is 9.21. The third kappa shape index (κ3) is 14.3. The second-order valence-corrected chi connectivity index (χ2v) is 29.4. The summed E-state index contributed by atoms with van der Waals surface area (Å²) < 4.78 is 0. The molecule has 0 saturated heterocycles. The van der Waals surface area contributed by atoms with Crippen LogP contribution in [-0.2, 0) is 46.3 Å². The van der Waals surface area contributed by atoms with Gasteiger partial charge in [-0.15, -0.1) is 93.9 Å². The van der Waals surface area contributed by atoms with Crippen molar-refractivity contribution in [1.29, 1.82) is 0 Å². The maximum atomic E-state index is 3.06. The van der Waals surface area contributed by atoms with Gasteiger partial charge in [-0.3, -0.25) is 0 Å². The maximum absolute atomic E-state index is 3.06. The number of halogens is 2. The summed E-state index contributed by atoms with van der Waals surface area (Å²) in [5.74, 6) is 0.